The quantitative estimate of drug-likeness (QED) is 0.687. The fourth-order valence-electron chi connectivity index (χ4n) is 0.0583. The predicted molar refractivity (Wildman–Crippen MR) is 40.4 cm³/mol. The number of rotatable bonds is 2. The lowest BCUT2D eigenvalue weighted by molar-refractivity contribution is 0.375. The average molecular weight is 317 g/mol. The van der Waals surface area contributed by atoms with Crippen LogP contribution in [0.4, 0.5) is 8.78 Å². The van der Waals surface area contributed by atoms with Crippen molar-refractivity contribution in [3.8, 4) is 0 Å². The van der Waals surface area contributed by atoms with Crippen LogP contribution in [0.2, 0.25) is 0 Å². The van der Waals surface area contributed by atoms with Gasteiger partial charge in [0.05, 0.1) is 0 Å². The molecule has 0 amide bonds. The first kappa shape index (κ1) is 9.30. The molecule has 8 heavy (non-hydrogen) atoms. The highest BCUT2D eigenvalue weighted by Gasteiger charge is 2.31. The minimum Gasteiger partial charge on any atom is -0.248 e. The molecule has 0 N–H and O–H groups in total. The van der Waals surface area contributed by atoms with E-state index < -0.39 is 15.0 Å². The standard InChI is InChI=1S/C3H3Br3F2/c4-2(8)3(5,6)1-7/h2H,1H2. The molecule has 1 unspecified atom stereocenters. The van der Waals surface area contributed by atoms with Crippen molar-refractivity contribution in [3.63, 3.8) is 0 Å². The van der Waals surface area contributed by atoms with Crippen LogP contribution in [0.1, 0.15) is 0 Å². The molecule has 0 aromatic carbocycles. The minimum absolute atomic E-state index is 0.806. The molecule has 0 aromatic heterocycles. The van der Waals surface area contributed by atoms with E-state index in [1.807, 2.05) is 0 Å². The van der Waals surface area contributed by atoms with Crippen molar-refractivity contribution in [2.24, 2.45) is 0 Å². The first-order valence-corrected chi connectivity index (χ1v) is 4.23. The number of hydrogen-bond donors (Lipinski definition) is 0. The monoisotopic (exact) mass is 314 g/mol. The summed E-state index contributed by atoms with van der Waals surface area (Å²) < 4.78 is 22.5. The van der Waals surface area contributed by atoms with E-state index in [-0.39, 0.29) is 0 Å². The fourth-order valence-corrected chi connectivity index (χ4v) is 0.181. The lowest BCUT2D eigenvalue weighted by Crippen LogP contribution is -2.22. The molecule has 0 radical (unpaired) electrons. The summed E-state index contributed by atoms with van der Waals surface area (Å²) in [4.78, 5) is 0. The number of halogens is 5. The van der Waals surface area contributed by atoms with Gasteiger partial charge in [-0.15, -0.1) is 0 Å². The summed E-state index contributed by atoms with van der Waals surface area (Å²) >= 11 is 8.09. The first-order valence-electron chi connectivity index (χ1n) is 1.72. The third-order valence-corrected chi connectivity index (χ3v) is 3.74. The van der Waals surface area contributed by atoms with Crippen LogP contribution in [-0.2, 0) is 0 Å². The van der Waals surface area contributed by atoms with Crippen LogP contribution < -0.4 is 0 Å². The number of alkyl halides is 5. The predicted octanol–water partition coefficient (Wildman–Crippen LogP) is 3.13. The summed E-state index contributed by atoms with van der Waals surface area (Å²) in [6, 6.07) is 0. The first-order chi connectivity index (χ1) is 3.50. The molecule has 0 aliphatic carbocycles. The van der Waals surface area contributed by atoms with Gasteiger partial charge in [-0.1, -0.05) is 31.9 Å². The SMILES string of the molecule is FCC(Br)(Br)C(F)Br. The summed E-state index contributed by atoms with van der Waals surface area (Å²) in [6.45, 7) is -0.806. The molecule has 0 fully saturated rings. The van der Waals surface area contributed by atoms with Crippen molar-refractivity contribution in [1.82, 2.24) is 0 Å². The highest BCUT2D eigenvalue weighted by molar-refractivity contribution is 9.26. The van der Waals surface area contributed by atoms with Crippen LogP contribution in [-0.4, -0.2) is 15.0 Å². The molecule has 0 aliphatic rings. The number of hydrogen-bond acceptors (Lipinski definition) is 0. The molecule has 0 aromatic rings. The Balaban J connectivity index is 3.71. The Kier molecular flexibility index (Phi) is 4.03. The van der Waals surface area contributed by atoms with Gasteiger partial charge in [-0.05, 0) is 15.9 Å². The summed E-state index contributed by atoms with van der Waals surface area (Å²) in [5, 5.41) is -1.42. The minimum atomic E-state index is -1.42. The smallest absolute Gasteiger partial charge is 0.182 e. The van der Waals surface area contributed by atoms with E-state index in [9.17, 15) is 8.78 Å². The summed E-state index contributed by atoms with van der Waals surface area (Å²) in [5.74, 6) is 0. The van der Waals surface area contributed by atoms with Gasteiger partial charge in [0.15, 0.2) is 5.08 Å². The fraction of sp³-hybridized carbons (Fsp3) is 1.00. The molecule has 0 saturated carbocycles. The maximum absolute atomic E-state index is 12.1. The Bertz CT molecular complexity index is 72.9. The second-order valence-corrected chi connectivity index (χ2v) is 5.89. The summed E-state index contributed by atoms with van der Waals surface area (Å²) in [5.41, 5.74) is 0. The Morgan fingerprint density at radius 1 is 1.50 bits per heavy atom. The average Bonchev–Trinajstić information content (AvgIpc) is 1.67. The van der Waals surface area contributed by atoms with E-state index in [2.05, 4.69) is 47.8 Å². The van der Waals surface area contributed by atoms with Crippen molar-refractivity contribution in [2.45, 2.75) is 8.31 Å². The van der Waals surface area contributed by atoms with Gasteiger partial charge in [0.25, 0.3) is 0 Å². The lowest BCUT2D eigenvalue weighted by Gasteiger charge is -2.14. The molecule has 0 saturated heterocycles. The van der Waals surface area contributed by atoms with Gasteiger partial charge in [-0.3, -0.25) is 0 Å². The molecular weight excluding hydrogens is 314 g/mol. The Labute approximate surface area is 71.4 Å². The zero-order valence-corrected chi connectivity index (χ0v) is 8.43. The molecular formula is C3H3Br3F2. The summed E-state index contributed by atoms with van der Waals surface area (Å²) in [7, 11) is 0. The molecule has 0 nitrogen and oxygen atoms in total. The molecule has 0 spiro atoms. The van der Waals surface area contributed by atoms with Crippen LogP contribution in [0.3, 0.4) is 0 Å². The van der Waals surface area contributed by atoms with Gasteiger partial charge in [0, 0.05) is 0 Å². The highest BCUT2D eigenvalue weighted by atomic mass is 79.9. The van der Waals surface area contributed by atoms with Gasteiger partial charge in [0.2, 0.25) is 0 Å². The zero-order chi connectivity index (χ0) is 6.78. The van der Waals surface area contributed by atoms with Crippen LogP contribution in [0.5, 0.6) is 0 Å². The van der Waals surface area contributed by atoms with Gasteiger partial charge >= 0.3 is 0 Å². The van der Waals surface area contributed by atoms with Crippen molar-refractivity contribution >= 4 is 47.8 Å². The van der Waals surface area contributed by atoms with Gasteiger partial charge in [0.1, 0.15) is 9.91 Å². The zero-order valence-electron chi connectivity index (χ0n) is 3.67. The van der Waals surface area contributed by atoms with Gasteiger partial charge < -0.3 is 0 Å². The van der Waals surface area contributed by atoms with Crippen LogP contribution >= 0.6 is 47.8 Å². The van der Waals surface area contributed by atoms with E-state index in [4.69, 9.17) is 0 Å². The van der Waals surface area contributed by atoms with E-state index in [1.54, 1.807) is 0 Å². The molecule has 5 heteroatoms. The van der Waals surface area contributed by atoms with E-state index in [0.29, 0.717) is 0 Å². The normalized spacial score (nSPS) is 16.1. The molecule has 0 bridgehead atoms. The third-order valence-electron chi connectivity index (χ3n) is 0.497. The Hall–Kier alpha value is 1.30. The summed E-state index contributed by atoms with van der Waals surface area (Å²) in [6.07, 6.45) is 0. The van der Waals surface area contributed by atoms with Crippen LogP contribution in [0.25, 0.3) is 0 Å². The van der Waals surface area contributed by atoms with Crippen LogP contribution in [0.15, 0.2) is 0 Å². The molecule has 0 heterocycles. The third kappa shape index (κ3) is 2.73. The van der Waals surface area contributed by atoms with Crippen molar-refractivity contribution < 1.29 is 8.78 Å². The van der Waals surface area contributed by atoms with Crippen molar-refractivity contribution in [2.75, 3.05) is 6.67 Å². The molecule has 0 rings (SSSR count). The van der Waals surface area contributed by atoms with Gasteiger partial charge in [-0.2, -0.15) is 0 Å². The van der Waals surface area contributed by atoms with Crippen molar-refractivity contribution in [3.05, 3.63) is 0 Å². The van der Waals surface area contributed by atoms with E-state index in [1.165, 1.54) is 0 Å². The highest BCUT2D eigenvalue weighted by Crippen LogP contribution is 2.35. The Morgan fingerprint density at radius 3 is 1.88 bits per heavy atom. The van der Waals surface area contributed by atoms with Gasteiger partial charge in [-0.25, -0.2) is 8.78 Å². The molecule has 0 aliphatic heterocycles. The second kappa shape index (κ2) is 3.46. The Morgan fingerprint density at radius 2 is 1.88 bits per heavy atom. The largest absolute Gasteiger partial charge is 0.248 e. The molecule has 1 atom stereocenters. The van der Waals surface area contributed by atoms with Crippen LogP contribution in [0, 0.1) is 0 Å². The maximum Gasteiger partial charge on any atom is 0.182 e. The molecule has 50 valence electrons. The van der Waals surface area contributed by atoms with E-state index in [0.717, 1.165) is 0 Å². The topological polar surface area (TPSA) is 0 Å². The van der Waals surface area contributed by atoms with Crippen molar-refractivity contribution in [1.29, 1.82) is 0 Å². The van der Waals surface area contributed by atoms with E-state index >= 15 is 0 Å². The lowest BCUT2D eigenvalue weighted by atomic mass is 10.5. The maximum atomic E-state index is 12.1. The second-order valence-electron chi connectivity index (χ2n) is 1.20.